The highest BCUT2D eigenvalue weighted by molar-refractivity contribution is 7.92. The lowest BCUT2D eigenvalue weighted by molar-refractivity contribution is -0.142. The van der Waals surface area contributed by atoms with Gasteiger partial charge in [-0.05, 0) is 12.1 Å². The summed E-state index contributed by atoms with van der Waals surface area (Å²) in [5.74, 6) is -3.50. The number of halogens is 5. The Labute approximate surface area is 120 Å². The van der Waals surface area contributed by atoms with Crippen molar-refractivity contribution >= 4 is 21.2 Å². The van der Waals surface area contributed by atoms with Gasteiger partial charge < -0.3 is 0 Å². The second-order valence-corrected chi connectivity index (χ2v) is 6.99. The van der Waals surface area contributed by atoms with Gasteiger partial charge in [0.15, 0.2) is 19.7 Å². The van der Waals surface area contributed by atoms with Crippen LogP contribution >= 0.6 is 11.3 Å². The molecule has 114 valence electrons. The van der Waals surface area contributed by atoms with Crippen LogP contribution in [-0.4, -0.2) is 13.4 Å². The first kappa shape index (κ1) is 15.8. The Kier molecular flexibility index (Phi) is 4.02. The number of sulfone groups is 1. The fourth-order valence-corrected chi connectivity index (χ4v) is 4.25. The van der Waals surface area contributed by atoms with E-state index in [1.807, 2.05) is 0 Å². The molecule has 0 unspecified atom stereocenters. The lowest BCUT2D eigenvalue weighted by atomic mass is 10.2. The van der Waals surface area contributed by atoms with Crippen LogP contribution in [0.2, 0.25) is 0 Å². The molecular weight excluding hydrogens is 337 g/mol. The maximum atomic E-state index is 13.4. The van der Waals surface area contributed by atoms with E-state index in [-0.39, 0.29) is 11.3 Å². The van der Waals surface area contributed by atoms with Gasteiger partial charge in [0.25, 0.3) is 0 Å². The second kappa shape index (κ2) is 5.34. The molecule has 1 aromatic heterocycles. The van der Waals surface area contributed by atoms with Gasteiger partial charge in [-0.2, -0.15) is 13.2 Å². The van der Waals surface area contributed by atoms with Crippen molar-refractivity contribution in [2.45, 2.75) is 16.1 Å². The molecule has 0 saturated carbocycles. The minimum atomic E-state index is -4.96. The first-order valence-corrected chi connectivity index (χ1v) is 7.82. The van der Waals surface area contributed by atoms with E-state index < -0.39 is 48.9 Å². The summed E-state index contributed by atoms with van der Waals surface area (Å²) in [6, 6.07) is 2.67. The number of nitrogens with zero attached hydrogens (tertiary/aromatic N) is 1. The molecular formula is C11H6F5NO2S2. The Morgan fingerprint density at radius 1 is 1.14 bits per heavy atom. The minimum absolute atomic E-state index is 0.250. The van der Waals surface area contributed by atoms with Crippen LogP contribution in [0, 0.1) is 11.6 Å². The smallest absolute Gasteiger partial charge is 0.239 e. The van der Waals surface area contributed by atoms with Gasteiger partial charge in [-0.1, -0.05) is 6.07 Å². The molecule has 0 atom stereocenters. The minimum Gasteiger partial charge on any atom is -0.239 e. The number of alkyl halides is 3. The van der Waals surface area contributed by atoms with Crippen LogP contribution in [0.3, 0.4) is 0 Å². The van der Waals surface area contributed by atoms with Crippen LogP contribution in [0.25, 0.3) is 0 Å². The van der Waals surface area contributed by atoms with E-state index in [2.05, 4.69) is 4.98 Å². The second-order valence-electron chi connectivity index (χ2n) is 3.95. The molecule has 0 aliphatic heterocycles. The molecule has 0 saturated heterocycles. The molecule has 0 N–H and O–H groups in total. The fourth-order valence-electron chi connectivity index (χ4n) is 1.57. The molecule has 0 fully saturated rings. The van der Waals surface area contributed by atoms with Crippen LogP contribution in [0.4, 0.5) is 22.0 Å². The topological polar surface area (TPSA) is 47.0 Å². The lowest BCUT2D eigenvalue weighted by Gasteiger charge is -2.08. The van der Waals surface area contributed by atoms with Gasteiger partial charge in [0.2, 0.25) is 0 Å². The van der Waals surface area contributed by atoms with E-state index >= 15 is 0 Å². The summed E-state index contributed by atoms with van der Waals surface area (Å²) in [7, 11) is -4.57. The SMILES string of the molecule is O=S(=O)(Cc1c(F)cccc1F)c1scnc1C(F)(F)F. The highest BCUT2D eigenvalue weighted by Crippen LogP contribution is 2.36. The first-order chi connectivity index (χ1) is 9.63. The Morgan fingerprint density at radius 3 is 2.24 bits per heavy atom. The van der Waals surface area contributed by atoms with E-state index in [0.717, 1.165) is 18.2 Å². The monoisotopic (exact) mass is 343 g/mol. The van der Waals surface area contributed by atoms with Gasteiger partial charge in [-0.3, -0.25) is 0 Å². The number of hydrogen-bond donors (Lipinski definition) is 0. The molecule has 0 amide bonds. The molecule has 1 aromatic carbocycles. The average Bonchev–Trinajstić information content (AvgIpc) is 2.84. The number of thiazole rings is 1. The van der Waals surface area contributed by atoms with E-state index in [1.165, 1.54) is 0 Å². The van der Waals surface area contributed by atoms with Gasteiger partial charge in [0.1, 0.15) is 11.6 Å². The van der Waals surface area contributed by atoms with Crippen molar-refractivity contribution in [1.82, 2.24) is 4.98 Å². The summed E-state index contributed by atoms with van der Waals surface area (Å²) in [6.45, 7) is 0. The summed E-state index contributed by atoms with van der Waals surface area (Å²) in [5, 5.41) is 0. The van der Waals surface area contributed by atoms with Crippen LogP contribution in [-0.2, 0) is 21.8 Å². The summed E-state index contributed by atoms with van der Waals surface area (Å²) < 4.78 is 87.6. The molecule has 0 aliphatic carbocycles. The van der Waals surface area contributed by atoms with Crippen molar-refractivity contribution in [3.05, 3.63) is 46.6 Å². The largest absolute Gasteiger partial charge is 0.435 e. The molecule has 2 aromatic rings. The summed E-state index contributed by atoms with van der Waals surface area (Å²) in [4.78, 5) is 2.97. The summed E-state index contributed by atoms with van der Waals surface area (Å²) in [5.41, 5.74) is -1.67. The molecule has 0 spiro atoms. The van der Waals surface area contributed by atoms with Crippen molar-refractivity contribution in [1.29, 1.82) is 0 Å². The molecule has 0 bridgehead atoms. The third-order valence-corrected chi connectivity index (χ3v) is 5.58. The Balaban J connectivity index is 2.48. The van der Waals surface area contributed by atoms with Crippen molar-refractivity contribution in [3.8, 4) is 0 Å². The van der Waals surface area contributed by atoms with Crippen LogP contribution in [0.1, 0.15) is 11.3 Å². The first-order valence-electron chi connectivity index (χ1n) is 5.29. The standard InChI is InChI=1S/C11H6F5NO2S2/c12-7-2-1-3-8(13)6(7)4-21(18,19)10-9(11(14,15)16)17-5-20-10/h1-3,5H,4H2. The number of benzene rings is 1. The Hall–Kier alpha value is -1.55. The van der Waals surface area contributed by atoms with Crippen molar-refractivity contribution in [3.63, 3.8) is 0 Å². The highest BCUT2D eigenvalue weighted by Gasteiger charge is 2.40. The van der Waals surface area contributed by atoms with Crippen LogP contribution in [0.15, 0.2) is 27.9 Å². The molecule has 10 heteroatoms. The Morgan fingerprint density at radius 2 is 1.71 bits per heavy atom. The highest BCUT2D eigenvalue weighted by atomic mass is 32.2. The predicted octanol–water partition coefficient (Wildman–Crippen LogP) is 3.41. The number of hydrogen-bond acceptors (Lipinski definition) is 4. The van der Waals surface area contributed by atoms with Gasteiger partial charge in [-0.25, -0.2) is 22.2 Å². The number of aromatic nitrogens is 1. The molecule has 0 radical (unpaired) electrons. The third kappa shape index (κ3) is 3.21. The van der Waals surface area contributed by atoms with Crippen LogP contribution < -0.4 is 0 Å². The maximum Gasteiger partial charge on any atom is 0.435 e. The lowest BCUT2D eigenvalue weighted by Crippen LogP contribution is -2.14. The van der Waals surface area contributed by atoms with Gasteiger partial charge >= 0.3 is 6.18 Å². The van der Waals surface area contributed by atoms with Crippen LogP contribution in [0.5, 0.6) is 0 Å². The van der Waals surface area contributed by atoms with E-state index in [4.69, 9.17) is 0 Å². The predicted molar refractivity (Wildman–Crippen MR) is 64.4 cm³/mol. The Bertz CT molecular complexity index is 747. The number of rotatable bonds is 3. The zero-order valence-corrected chi connectivity index (χ0v) is 11.6. The van der Waals surface area contributed by atoms with E-state index in [1.54, 1.807) is 0 Å². The van der Waals surface area contributed by atoms with Crippen molar-refractivity contribution in [2.75, 3.05) is 0 Å². The fraction of sp³-hybridized carbons (Fsp3) is 0.182. The molecule has 0 aliphatic rings. The molecule has 3 nitrogen and oxygen atoms in total. The average molecular weight is 343 g/mol. The van der Waals surface area contributed by atoms with Crippen molar-refractivity contribution in [2.24, 2.45) is 0 Å². The molecule has 2 rings (SSSR count). The normalized spacial score (nSPS) is 12.6. The van der Waals surface area contributed by atoms with Gasteiger partial charge in [-0.15, -0.1) is 11.3 Å². The summed E-state index contributed by atoms with van der Waals surface area (Å²) in [6.07, 6.45) is -4.96. The summed E-state index contributed by atoms with van der Waals surface area (Å²) >= 11 is 0.250. The van der Waals surface area contributed by atoms with Gasteiger partial charge in [0, 0.05) is 5.56 Å². The molecule has 21 heavy (non-hydrogen) atoms. The van der Waals surface area contributed by atoms with Crippen molar-refractivity contribution < 1.29 is 30.4 Å². The molecule has 1 heterocycles. The van der Waals surface area contributed by atoms with E-state index in [0.29, 0.717) is 5.51 Å². The van der Waals surface area contributed by atoms with E-state index in [9.17, 15) is 30.4 Å². The zero-order chi connectivity index (χ0) is 15.8. The third-order valence-electron chi connectivity index (χ3n) is 2.48. The van der Waals surface area contributed by atoms with Gasteiger partial charge in [0.05, 0.1) is 11.3 Å². The zero-order valence-electron chi connectivity index (χ0n) is 9.99. The quantitative estimate of drug-likeness (QED) is 0.803. The maximum absolute atomic E-state index is 13.4.